The molecule has 22 heavy (non-hydrogen) atoms. The van der Waals surface area contributed by atoms with Crippen molar-refractivity contribution in [3.63, 3.8) is 0 Å². The zero-order valence-corrected chi connectivity index (χ0v) is 11.9. The number of fused-ring (bicyclic) bond motifs is 1. The summed E-state index contributed by atoms with van der Waals surface area (Å²) in [6.07, 6.45) is 1.67. The van der Waals surface area contributed by atoms with Crippen LogP contribution in [0.5, 0.6) is 0 Å². The van der Waals surface area contributed by atoms with Gasteiger partial charge in [0.25, 0.3) is 5.69 Å². The van der Waals surface area contributed by atoms with Crippen LogP contribution in [-0.4, -0.2) is 10.9 Å². The van der Waals surface area contributed by atoms with Gasteiger partial charge in [0.1, 0.15) is 6.61 Å². The number of rotatable bonds is 4. The molecule has 1 aliphatic rings. The first-order valence-corrected chi connectivity index (χ1v) is 7.13. The quantitative estimate of drug-likeness (QED) is 0.493. The van der Waals surface area contributed by atoms with E-state index >= 15 is 0 Å². The number of aryl methyl sites for hydroxylation is 1. The lowest BCUT2D eigenvalue weighted by Gasteiger charge is -2.11. The van der Waals surface area contributed by atoms with Crippen molar-refractivity contribution in [3.8, 4) is 0 Å². The highest BCUT2D eigenvalue weighted by molar-refractivity contribution is 5.79. The molecule has 112 valence electrons. The first kappa shape index (κ1) is 14.3. The Bertz CT molecular complexity index is 709. The molecule has 0 N–H and O–H groups in total. The number of nitro groups is 1. The van der Waals surface area contributed by atoms with Crippen LogP contribution in [-0.2, 0) is 22.6 Å². The third kappa shape index (κ3) is 2.83. The minimum absolute atomic E-state index is 0.0276. The van der Waals surface area contributed by atoms with E-state index < -0.39 is 4.92 Å². The maximum atomic E-state index is 12.2. The van der Waals surface area contributed by atoms with Crippen molar-refractivity contribution in [1.29, 1.82) is 0 Å². The summed E-state index contributed by atoms with van der Waals surface area (Å²) in [5, 5.41) is 10.6. The molecule has 1 unspecified atom stereocenters. The van der Waals surface area contributed by atoms with Crippen molar-refractivity contribution >= 4 is 11.7 Å². The van der Waals surface area contributed by atoms with Gasteiger partial charge in [-0.05, 0) is 41.7 Å². The average molecular weight is 297 g/mol. The second-order valence-corrected chi connectivity index (χ2v) is 5.32. The minimum Gasteiger partial charge on any atom is -0.460 e. The molecule has 0 saturated heterocycles. The molecule has 0 amide bonds. The third-order valence-corrected chi connectivity index (χ3v) is 3.95. The largest absolute Gasteiger partial charge is 0.460 e. The van der Waals surface area contributed by atoms with Gasteiger partial charge in [0.15, 0.2) is 0 Å². The number of ether oxygens (including phenoxy) is 1. The number of nitro benzene ring substituents is 1. The second-order valence-electron chi connectivity index (χ2n) is 5.32. The number of nitrogens with zero attached hydrogens (tertiary/aromatic N) is 1. The summed E-state index contributed by atoms with van der Waals surface area (Å²) in [5.41, 5.74) is 3.03. The summed E-state index contributed by atoms with van der Waals surface area (Å²) in [7, 11) is 0. The SMILES string of the molecule is O=C(OCc1ccc([N+](=O)[O-])cc1)C1CCc2ccccc21. The van der Waals surface area contributed by atoms with E-state index in [9.17, 15) is 14.9 Å². The van der Waals surface area contributed by atoms with Gasteiger partial charge in [0.2, 0.25) is 0 Å². The van der Waals surface area contributed by atoms with Crippen molar-refractivity contribution in [2.24, 2.45) is 0 Å². The average Bonchev–Trinajstić information content (AvgIpc) is 2.97. The molecule has 2 aromatic rings. The van der Waals surface area contributed by atoms with Crippen LogP contribution in [0.15, 0.2) is 48.5 Å². The summed E-state index contributed by atoms with van der Waals surface area (Å²) in [6.45, 7) is 0.134. The first-order valence-electron chi connectivity index (χ1n) is 7.13. The maximum absolute atomic E-state index is 12.2. The van der Waals surface area contributed by atoms with E-state index in [-0.39, 0.29) is 24.2 Å². The van der Waals surface area contributed by atoms with E-state index in [0.29, 0.717) is 0 Å². The molecule has 0 aliphatic heterocycles. The zero-order chi connectivity index (χ0) is 15.5. The van der Waals surface area contributed by atoms with Crippen LogP contribution in [0.4, 0.5) is 5.69 Å². The van der Waals surface area contributed by atoms with Gasteiger partial charge in [0, 0.05) is 12.1 Å². The molecule has 5 nitrogen and oxygen atoms in total. The monoisotopic (exact) mass is 297 g/mol. The molecule has 1 aliphatic carbocycles. The van der Waals surface area contributed by atoms with E-state index in [1.54, 1.807) is 12.1 Å². The van der Waals surface area contributed by atoms with Gasteiger partial charge in [-0.2, -0.15) is 0 Å². The summed E-state index contributed by atoms with van der Waals surface area (Å²) >= 11 is 0. The van der Waals surface area contributed by atoms with Crippen LogP contribution in [0.25, 0.3) is 0 Å². The fourth-order valence-electron chi connectivity index (χ4n) is 2.77. The highest BCUT2D eigenvalue weighted by atomic mass is 16.6. The van der Waals surface area contributed by atoms with Gasteiger partial charge in [-0.15, -0.1) is 0 Å². The van der Waals surface area contributed by atoms with Gasteiger partial charge < -0.3 is 4.74 Å². The molecule has 0 fully saturated rings. The number of hydrogen-bond donors (Lipinski definition) is 0. The summed E-state index contributed by atoms with van der Waals surface area (Å²) in [4.78, 5) is 22.4. The van der Waals surface area contributed by atoms with Gasteiger partial charge in [-0.25, -0.2) is 0 Å². The molecule has 0 saturated carbocycles. The van der Waals surface area contributed by atoms with E-state index in [1.807, 2.05) is 24.3 Å². The van der Waals surface area contributed by atoms with Crippen LogP contribution in [0.2, 0.25) is 0 Å². The summed E-state index contributed by atoms with van der Waals surface area (Å²) < 4.78 is 5.36. The number of benzene rings is 2. The Morgan fingerprint density at radius 1 is 1.18 bits per heavy atom. The summed E-state index contributed by atoms with van der Waals surface area (Å²) in [5.74, 6) is -0.433. The highest BCUT2D eigenvalue weighted by Gasteiger charge is 2.29. The van der Waals surface area contributed by atoms with E-state index in [1.165, 1.54) is 17.7 Å². The molecule has 0 radical (unpaired) electrons. The molecule has 2 aromatic carbocycles. The number of carbonyl (C=O) groups is 1. The molecule has 0 bridgehead atoms. The van der Waals surface area contributed by atoms with Gasteiger partial charge in [-0.1, -0.05) is 24.3 Å². The molecule has 0 heterocycles. The van der Waals surface area contributed by atoms with Crippen LogP contribution >= 0.6 is 0 Å². The van der Waals surface area contributed by atoms with Crippen molar-refractivity contribution in [2.75, 3.05) is 0 Å². The van der Waals surface area contributed by atoms with Crippen LogP contribution in [0.1, 0.15) is 29.0 Å². The Morgan fingerprint density at radius 3 is 2.64 bits per heavy atom. The lowest BCUT2D eigenvalue weighted by molar-refractivity contribution is -0.384. The number of esters is 1. The predicted molar refractivity (Wildman–Crippen MR) is 80.4 cm³/mol. The fourth-order valence-corrected chi connectivity index (χ4v) is 2.77. The Kier molecular flexibility index (Phi) is 3.87. The van der Waals surface area contributed by atoms with Crippen LogP contribution in [0, 0.1) is 10.1 Å². The second kappa shape index (κ2) is 5.97. The van der Waals surface area contributed by atoms with Gasteiger partial charge >= 0.3 is 5.97 Å². The molecule has 0 aromatic heterocycles. The Morgan fingerprint density at radius 2 is 1.91 bits per heavy atom. The van der Waals surface area contributed by atoms with Crippen molar-refractivity contribution < 1.29 is 14.5 Å². The Balaban J connectivity index is 1.62. The Hall–Kier alpha value is -2.69. The minimum atomic E-state index is -0.453. The van der Waals surface area contributed by atoms with E-state index in [2.05, 4.69) is 0 Å². The first-order chi connectivity index (χ1) is 10.6. The predicted octanol–water partition coefficient (Wildman–Crippen LogP) is 3.37. The zero-order valence-electron chi connectivity index (χ0n) is 11.9. The van der Waals surface area contributed by atoms with Crippen molar-refractivity contribution in [2.45, 2.75) is 25.4 Å². The Labute approximate surface area is 127 Å². The number of hydrogen-bond acceptors (Lipinski definition) is 4. The smallest absolute Gasteiger partial charge is 0.313 e. The van der Waals surface area contributed by atoms with E-state index in [4.69, 9.17) is 4.74 Å². The normalized spacial score (nSPS) is 16.1. The van der Waals surface area contributed by atoms with Gasteiger partial charge in [0.05, 0.1) is 10.8 Å². The third-order valence-electron chi connectivity index (χ3n) is 3.95. The summed E-state index contributed by atoms with van der Waals surface area (Å²) in [6, 6.07) is 14.0. The lowest BCUT2D eigenvalue weighted by Crippen LogP contribution is -2.13. The number of carbonyl (C=O) groups excluding carboxylic acids is 1. The molecule has 1 atom stereocenters. The van der Waals surface area contributed by atoms with Crippen LogP contribution in [0.3, 0.4) is 0 Å². The molecular formula is C17H15NO4. The standard InChI is InChI=1S/C17H15NO4/c19-17(16-10-7-13-3-1-2-4-15(13)16)22-11-12-5-8-14(9-6-12)18(20)21/h1-6,8-9,16H,7,10-11H2. The molecular weight excluding hydrogens is 282 g/mol. The maximum Gasteiger partial charge on any atom is 0.313 e. The fraction of sp³-hybridized carbons (Fsp3) is 0.235. The topological polar surface area (TPSA) is 69.4 Å². The number of non-ortho nitro benzene ring substituents is 1. The van der Waals surface area contributed by atoms with Crippen LogP contribution < -0.4 is 0 Å². The molecule has 5 heteroatoms. The van der Waals surface area contributed by atoms with Crippen molar-refractivity contribution in [3.05, 3.63) is 75.3 Å². The lowest BCUT2D eigenvalue weighted by atomic mass is 10.0. The van der Waals surface area contributed by atoms with Crippen molar-refractivity contribution in [1.82, 2.24) is 0 Å². The van der Waals surface area contributed by atoms with E-state index in [0.717, 1.165) is 24.0 Å². The van der Waals surface area contributed by atoms with Gasteiger partial charge in [-0.3, -0.25) is 14.9 Å². The molecule has 3 rings (SSSR count). The highest BCUT2D eigenvalue weighted by Crippen LogP contribution is 2.33. The molecule has 0 spiro atoms.